The monoisotopic (exact) mass is 387 g/mol. The van der Waals surface area contributed by atoms with Gasteiger partial charge >= 0.3 is 6.36 Å². The zero-order valence-electron chi connectivity index (χ0n) is 14.6. The van der Waals surface area contributed by atoms with Crippen molar-refractivity contribution >= 4 is 27.7 Å². The lowest BCUT2D eigenvalue weighted by Crippen LogP contribution is -2.25. The van der Waals surface area contributed by atoms with Crippen molar-refractivity contribution in [3.63, 3.8) is 0 Å². The van der Waals surface area contributed by atoms with Crippen molar-refractivity contribution in [2.45, 2.75) is 12.8 Å². The first-order valence-corrected chi connectivity index (χ1v) is 8.61. The molecule has 0 atom stereocenters. The molecular weight excluding hydrogens is 371 g/mol. The third-order valence-corrected chi connectivity index (χ3v) is 4.45. The zero-order valence-corrected chi connectivity index (χ0v) is 14.6. The summed E-state index contributed by atoms with van der Waals surface area (Å²) in [5, 5.41) is 4.07. The number of aromatic amines is 2. The Balaban J connectivity index is 1.46. The van der Waals surface area contributed by atoms with Crippen LogP contribution in [0.3, 0.4) is 0 Å². The van der Waals surface area contributed by atoms with E-state index < -0.39 is 12.3 Å². The maximum atomic E-state index is 12.5. The van der Waals surface area contributed by atoms with Crippen molar-refractivity contribution in [2.24, 2.45) is 0 Å². The van der Waals surface area contributed by atoms with E-state index in [1.54, 1.807) is 6.07 Å². The molecule has 2 heterocycles. The van der Waals surface area contributed by atoms with Crippen molar-refractivity contribution < 1.29 is 22.7 Å². The Kier molecular flexibility index (Phi) is 4.46. The number of amides is 1. The number of nitrogens with one attached hydrogen (secondary N) is 3. The Morgan fingerprint density at radius 1 is 1.04 bits per heavy atom. The average molecular weight is 387 g/mol. The summed E-state index contributed by atoms with van der Waals surface area (Å²) in [5.74, 6) is -0.743. The zero-order chi connectivity index (χ0) is 19.7. The predicted molar refractivity (Wildman–Crippen MR) is 99.3 cm³/mol. The summed E-state index contributed by atoms with van der Waals surface area (Å²) in [6, 6.07) is 13.4. The maximum absolute atomic E-state index is 12.5. The van der Waals surface area contributed by atoms with Crippen LogP contribution < -0.4 is 10.1 Å². The number of hydrogen-bond donors (Lipinski definition) is 3. The lowest BCUT2D eigenvalue weighted by molar-refractivity contribution is -0.274. The minimum Gasteiger partial charge on any atom is -0.405 e. The van der Waals surface area contributed by atoms with Crippen LogP contribution in [0.15, 0.2) is 54.7 Å². The highest BCUT2D eigenvalue weighted by molar-refractivity contribution is 5.99. The van der Waals surface area contributed by atoms with Crippen LogP contribution in [0.5, 0.6) is 5.75 Å². The van der Waals surface area contributed by atoms with Gasteiger partial charge in [0.2, 0.25) is 0 Å². The summed E-state index contributed by atoms with van der Waals surface area (Å²) in [4.78, 5) is 18.4. The molecule has 4 rings (SSSR count). The van der Waals surface area contributed by atoms with Gasteiger partial charge in [-0.05, 0) is 36.2 Å². The number of benzene rings is 2. The number of carbonyl (C=O) groups is 1. The standard InChI is InChI=1S/C20H16F3N3O2/c21-20(22,23)28-18-7-3-6-16-14(18)10-17(26-16)19(27)24-9-8-12-11-25-15-5-2-1-4-13(12)15/h1-7,10-11,25-26H,8-9H2,(H,24,27). The summed E-state index contributed by atoms with van der Waals surface area (Å²) in [7, 11) is 0. The van der Waals surface area contributed by atoms with Gasteiger partial charge < -0.3 is 20.0 Å². The highest BCUT2D eigenvalue weighted by Crippen LogP contribution is 2.31. The molecule has 4 aromatic rings. The van der Waals surface area contributed by atoms with E-state index in [2.05, 4.69) is 20.0 Å². The lowest BCUT2D eigenvalue weighted by Gasteiger charge is -2.09. The number of hydrogen-bond acceptors (Lipinski definition) is 2. The highest BCUT2D eigenvalue weighted by atomic mass is 19.4. The van der Waals surface area contributed by atoms with Crippen LogP contribution in [0.4, 0.5) is 13.2 Å². The molecule has 1 amide bonds. The Hall–Kier alpha value is -3.42. The molecule has 5 nitrogen and oxygen atoms in total. The van der Waals surface area contributed by atoms with Crippen LogP contribution in [-0.2, 0) is 6.42 Å². The minimum absolute atomic E-state index is 0.173. The fourth-order valence-corrected chi connectivity index (χ4v) is 3.21. The molecule has 2 aromatic heterocycles. The Morgan fingerprint density at radius 3 is 2.64 bits per heavy atom. The van der Waals surface area contributed by atoms with Crippen LogP contribution in [0.1, 0.15) is 16.1 Å². The van der Waals surface area contributed by atoms with Gasteiger partial charge in [0.25, 0.3) is 5.91 Å². The SMILES string of the molecule is O=C(NCCc1c[nH]c2ccccc12)c1cc2c(OC(F)(F)F)cccc2[nH]1. The van der Waals surface area contributed by atoms with Crippen LogP contribution in [0, 0.1) is 0 Å². The van der Waals surface area contributed by atoms with Gasteiger partial charge in [0.15, 0.2) is 0 Å². The maximum Gasteiger partial charge on any atom is 0.573 e. The molecule has 0 aliphatic rings. The minimum atomic E-state index is -4.80. The lowest BCUT2D eigenvalue weighted by atomic mass is 10.1. The first-order chi connectivity index (χ1) is 13.4. The highest BCUT2D eigenvalue weighted by Gasteiger charge is 2.32. The van der Waals surface area contributed by atoms with Gasteiger partial charge in [-0.3, -0.25) is 4.79 Å². The summed E-state index contributed by atoms with van der Waals surface area (Å²) in [5.41, 5.74) is 2.67. The van der Waals surface area contributed by atoms with E-state index in [-0.39, 0.29) is 16.8 Å². The first-order valence-electron chi connectivity index (χ1n) is 8.61. The van der Waals surface area contributed by atoms with Crippen LogP contribution in [0.25, 0.3) is 21.8 Å². The van der Waals surface area contributed by atoms with Crippen molar-refractivity contribution in [3.05, 3.63) is 66.0 Å². The van der Waals surface area contributed by atoms with E-state index in [9.17, 15) is 18.0 Å². The predicted octanol–water partition coefficient (Wildman–Crippen LogP) is 4.52. The second kappa shape index (κ2) is 6.95. The summed E-state index contributed by atoms with van der Waals surface area (Å²) in [6.45, 7) is 0.391. The number of fused-ring (bicyclic) bond motifs is 2. The van der Waals surface area contributed by atoms with Crippen molar-refractivity contribution in [3.8, 4) is 5.75 Å². The summed E-state index contributed by atoms with van der Waals surface area (Å²) < 4.78 is 41.6. The number of para-hydroxylation sites is 1. The van der Waals surface area contributed by atoms with E-state index in [1.165, 1.54) is 18.2 Å². The van der Waals surface area contributed by atoms with Crippen molar-refractivity contribution in [1.82, 2.24) is 15.3 Å². The Labute approximate surface area is 157 Å². The molecule has 0 bridgehead atoms. The third-order valence-electron chi connectivity index (χ3n) is 4.45. The third kappa shape index (κ3) is 3.66. The molecule has 0 unspecified atom stereocenters. The van der Waals surface area contributed by atoms with Gasteiger partial charge in [0.05, 0.1) is 0 Å². The molecule has 0 aliphatic carbocycles. The molecule has 8 heteroatoms. The van der Waals surface area contributed by atoms with Gasteiger partial charge in [0.1, 0.15) is 11.4 Å². The quantitative estimate of drug-likeness (QED) is 0.471. The molecule has 2 aromatic carbocycles. The number of ether oxygens (including phenoxy) is 1. The molecule has 0 fully saturated rings. The molecule has 0 spiro atoms. The van der Waals surface area contributed by atoms with E-state index in [0.717, 1.165) is 16.5 Å². The summed E-state index contributed by atoms with van der Waals surface area (Å²) >= 11 is 0. The first kappa shape index (κ1) is 18.0. The van der Waals surface area contributed by atoms with Crippen LogP contribution in [0.2, 0.25) is 0 Å². The molecule has 0 aliphatic heterocycles. The molecule has 3 N–H and O–H groups in total. The van der Waals surface area contributed by atoms with Crippen LogP contribution >= 0.6 is 0 Å². The van der Waals surface area contributed by atoms with Crippen molar-refractivity contribution in [1.29, 1.82) is 0 Å². The topological polar surface area (TPSA) is 69.9 Å². The van der Waals surface area contributed by atoms with E-state index >= 15 is 0 Å². The van der Waals surface area contributed by atoms with Gasteiger partial charge in [-0.25, -0.2) is 0 Å². The number of halogens is 3. The molecular formula is C20H16F3N3O2. The number of H-pyrrole nitrogens is 2. The molecule has 28 heavy (non-hydrogen) atoms. The number of aromatic nitrogens is 2. The van der Waals surface area contributed by atoms with Crippen LogP contribution in [-0.4, -0.2) is 28.8 Å². The van der Waals surface area contributed by atoms with Gasteiger partial charge in [0, 0.05) is 34.5 Å². The Morgan fingerprint density at radius 2 is 1.82 bits per heavy atom. The largest absolute Gasteiger partial charge is 0.573 e. The average Bonchev–Trinajstić information content (AvgIpc) is 3.25. The molecule has 0 saturated carbocycles. The number of rotatable bonds is 5. The van der Waals surface area contributed by atoms with E-state index in [1.807, 2.05) is 30.5 Å². The fraction of sp³-hybridized carbons (Fsp3) is 0.150. The summed E-state index contributed by atoms with van der Waals surface area (Å²) in [6.07, 6.45) is -2.27. The van der Waals surface area contributed by atoms with Gasteiger partial charge in [-0.1, -0.05) is 24.3 Å². The fourth-order valence-electron chi connectivity index (χ4n) is 3.21. The van der Waals surface area contributed by atoms with E-state index in [0.29, 0.717) is 18.5 Å². The van der Waals surface area contributed by atoms with E-state index in [4.69, 9.17) is 0 Å². The second-order valence-corrected chi connectivity index (χ2v) is 6.31. The van der Waals surface area contributed by atoms with Gasteiger partial charge in [-0.2, -0.15) is 0 Å². The molecule has 0 saturated heterocycles. The van der Waals surface area contributed by atoms with Gasteiger partial charge in [-0.15, -0.1) is 13.2 Å². The number of carbonyl (C=O) groups excluding carboxylic acids is 1. The molecule has 144 valence electrons. The normalized spacial score (nSPS) is 11.8. The Bertz CT molecular complexity index is 1140. The number of alkyl halides is 3. The smallest absolute Gasteiger partial charge is 0.405 e. The van der Waals surface area contributed by atoms with Crippen molar-refractivity contribution in [2.75, 3.05) is 6.54 Å². The second-order valence-electron chi connectivity index (χ2n) is 6.31. The molecule has 0 radical (unpaired) electrons.